The van der Waals surface area contributed by atoms with Crippen LogP contribution < -0.4 is 5.32 Å². The number of nitrogens with zero attached hydrogens (tertiary/aromatic N) is 1. The molecule has 0 spiro atoms. The lowest BCUT2D eigenvalue weighted by Gasteiger charge is -2.25. The predicted molar refractivity (Wildman–Crippen MR) is 351 cm³/mol. The first-order valence-corrected chi connectivity index (χ1v) is 36.9. The average Bonchev–Trinajstić information content (AvgIpc) is 3.42. The van der Waals surface area contributed by atoms with Crippen LogP contribution in [0.1, 0.15) is 361 Å². The SMILES string of the molecule is CCCCCCCCCCCC/C=C/CC/C=C/CC/C=C/C(O)C(COP(=O)(O)OCC[N+](C)(C)C)NC(=O)CCCCCCCCCCCCCCCCCCCCCCCCCCCCCCCCCCCCCCCC. The molecule has 0 aliphatic rings. The number of phosphoric acid groups is 1. The number of likely N-dealkylation sites (N-methyl/N-ethyl adjacent to an activating group) is 1. The number of carbonyl (C=O) groups is 1. The highest BCUT2D eigenvalue weighted by Crippen LogP contribution is 2.43. The first kappa shape index (κ1) is 78.7. The fourth-order valence-corrected chi connectivity index (χ4v) is 11.6. The Kier molecular flexibility index (Phi) is 61.3. The summed E-state index contributed by atoms with van der Waals surface area (Å²) in [4.78, 5) is 23.4. The minimum atomic E-state index is -4.36. The molecule has 3 unspecified atom stereocenters. The van der Waals surface area contributed by atoms with Gasteiger partial charge in [0.15, 0.2) is 0 Å². The molecule has 0 saturated heterocycles. The van der Waals surface area contributed by atoms with Crippen LogP contribution in [0.15, 0.2) is 36.5 Å². The van der Waals surface area contributed by atoms with E-state index < -0.39 is 20.0 Å². The normalized spacial score (nSPS) is 13.8. The van der Waals surface area contributed by atoms with Crippen molar-refractivity contribution < 1.29 is 32.9 Å². The number of allylic oxidation sites excluding steroid dienone is 5. The van der Waals surface area contributed by atoms with Gasteiger partial charge in [-0.25, -0.2) is 4.57 Å². The lowest BCUT2D eigenvalue weighted by molar-refractivity contribution is -0.870. The molecule has 0 aromatic heterocycles. The summed E-state index contributed by atoms with van der Waals surface area (Å²) in [6, 6.07) is -0.869. The Morgan fingerprint density at radius 2 is 0.688 bits per heavy atom. The molecule has 80 heavy (non-hydrogen) atoms. The Bertz CT molecular complexity index is 1400. The second-order valence-corrected chi connectivity index (χ2v) is 27.1. The molecular weight excluding hydrogens is 1010 g/mol. The maximum Gasteiger partial charge on any atom is 0.472 e. The van der Waals surface area contributed by atoms with E-state index in [1.54, 1.807) is 6.08 Å². The average molecular weight is 1150 g/mol. The minimum Gasteiger partial charge on any atom is -0.387 e. The number of phosphoric ester groups is 1. The molecule has 0 rings (SSSR count). The van der Waals surface area contributed by atoms with E-state index in [2.05, 4.69) is 43.5 Å². The smallest absolute Gasteiger partial charge is 0.387 e. The van der Waals surface area contributed by atoms with Crippen LogP contribution in [0, 0.1) is 0 Å². The summed E-state index contributed by atoms with van der Waals surface area (Å²) in [5.74, 6) is -0.184. The van der Waals surface area contributed by atoms with Gasteiger partial charge >= 0.3 is 7.82 Å². The van der Waals surface area contributed by atoms with Gasteiger partial charge in [0.05, 0.1) is 39.9 Å². The number of rotatable bonds is 66. The van der Waals surface area contributed by atoms with Crippen molar-refractivity contribution in [1.82, 2.24) is 5.32 Å². The quantitative estimate of drug-likeness (QED) is 0.0243. The molecule has 9 heteroatoms. The molecule has 8 nitrogen and oxygen atoms in total. The van der Waals surface area contributed by atoms with Gasteiger partial charge in [0.25, 0.3) is 0 Å². The first-order valence-electron chi connectivity index (χ1n) is 35.4. The molecular formula is C71H140N2O6P+. The van der Waals surface area contributed by atoms with E-state index in [0.29, 0.717) is 17.4 Å². The number of aliphatic hydroxyl groups excluding tert-OH is 1. The van der Waals surface area contributed by atoms with Crippen LogP contribution in [0.4, 0.5) is 0 Å². The number of nitrogens with one attached hydrogen (secondary N) is 1. The van der Waals surface area contributed by atoms with E-state index in [1.807, 2.05) is 27.2 Å². The number of hydrogen-bond acceptors (Lipinski definition) is 5. The molecule has 0 heterocycles. The summed E-state index contributed by atoms with van der Waals surface area (Å²) in [6.07, 6.45) is 83.2. The van der Waals surface area contributed by atoms with E-state index in [1.165, 1.54) is 295 Å². The van der Waals surface area contributed by atoms with Gasteiger partial charge in [-0.15, -0.1) is 0 Å². The second-order valence-electron chi connectivity index (χ2n) is 25.6. The molecule has 0 aromatic carbocycles. The van der Waals surface area contributed by atoms with Gasteiger partial charge in [0, 0.05) is 6.42 Å². The molecule has 0 bridgehead atoms. The van der Waals surface area contributed by atoms with E-state index in [9.17, 15) is 19.4 Å². The van der Waals surface area contributed by atoms with E-state index >= 15 is 0 Å². The van der Waals surface area contributed by atoms with Gasteiger partial charge in [-0.2, -0.15) is 0 Å². The Labute approximate surface area is 499 Å². The molecule has 0 fully saturated rings. The van der Waals surface area contributed by atoms with Gasteiger partial charge < -0.3 is 19.8 Å². The van der Waals surface area contributed by atoms with E-state index in [0.717, 1.165) is 44.9 Å². The minimum absolute atomic E-state index is 0.0553. The number of aliphatic hydroxyl groups is 1. The number of quaternary nitrogens is 1. The van der Waals surface area contributed by atoms with Crippen molar-refractivity contribution in [3.05, 3.63) is 36.5 Å². The molecule has 0 radical (unpaired) electrons. The number of hydrogen-bond donors (Lipinski definition) is 3. The first-order chi connectivity index (χ1) is 39.0. The maximum absolute atomic E-state index is 13.0. The molecule has 0 aliphatic heterocycles. The predicted octanol–water partition coefficient (Wildman–Crippen LogP) is 22.4. The molecule has 3 N–H and O–H groups in total. The standard InChI is InChI=1S/C71H139N2O6P/c1-6-8-10-12-14-16-18-20-22-24-26-28-29-30-31-32-33-34-35-36-37-38-39-40-41-42-43-44-45-47-49-51-53-55-57-59-61-63-65-71(75)72-69(68-79-80(76,77)78-67-66-73(3,4)5)70(74)64-62-60-58-56-54-52-50-48-46-27-25-23-21-19-17-15-13-11-9-7-2/h46,48,54,56,62,64,69-70,74H,6-45,47,49-53,55,57-61,63,65-68H2,1-5H3,(H-,72,75,76,77)/p+1/b48-46+,56-54+,64-62+. The van der Waals surface area contributed by atoms with Crippen LogP contribution in [0.2, 0.25) is 0 Å². The van der Waals surface area contributed by atoms with Crippen molar-refractivity contribution in [1.29, 1.82) is 0 Å². The fraction of sp³-hybridized carbons (Fsp3) is 0.901. The summed E-state index contributed by atoms with van der Waals surface area (Å²) in [5, 5.41) is 14.0. The highest BCUT2D eigenvalue weighted by Gasteiger charge is 2.28. The number of unbranched alkanes of at least 4 members (excludes halogenated alkanes) is 49. The van der Waals surface area contributed by atoms with Crippen molar-refractivity contribution in [2.45, 2.75) is 373 Å². The Morgan fingerprint density at radius 3 is 1.00 bits per heavy atom. The third-order valence-electron chi connectivity index (χ3n) is 16.3. The maximum atomic E-state index is 13.0. The highest BCUT2D eigenvalue weighted by atomic mass is 31.2. The Hall–Kier alpha value is -1.28. The van der Waals surface area contributed by atoms with Crippen molar-refractivity contribution in [2.24, 2.45) is 0 Å². The summed E-state index contributed by atoms with van der Waals surface area (Å²) >= 11 is 0. The molecule has 0 aromatic rings. The monoisotopic (exact) mass is 1150 g/mol. The van der Waals surface area contributed by atoms with Gasteiger partial charge in [-0.05, 0) is 44.9 Å². The van der Waals surface area contributed by atoms with Gasteiger partial charge in [0.2, 0.25) is 5.91 Å². The number of amides is 1. The van der Waals surface area contributed by atoms with Crippen molar-refractivity contribution in [2.75, 3.05) is 40.9 Å². The number of carbonyl (C=O) groups excluding carboxylic acids is 1. The molecule has 0 aliphatic carbocycles. The van der Waals surface area contributed by atoms with E-state index in [4.69, 9.17) is 9.05 Å². The van der Waals surface area contributed by atoms with Gasteiger partial charge in [0.1, 0.15) is 13.2 Å². The third kappa shape index (κ3) is 64.3. The van der Waals surface area contributed by atoms with E-state index in [-0.39, 0.29) is 19.1 Å². The second kappa shape index (κ2) is 62.3. The lowest BCUT2D eigenvalue weighted by Crippen LogP contribution is -2.45. The largest absolute Gasteiger partial charge is 0.472 e. The van der Waals surface area contributed by atoms with Crippen LogP contribution in [0.5, 0.6) is 0 Å². The zero-order valence-corrected chi connectivity index (χ0v) is 55.2. The van der Waals surface area contributed by atoms with Gasteiger partial charge in [-0.1, -0.05) is 346 Å². The highest BCUT2D eigenvalue weighted by molar-refractivity contribution is 7.47. The fourth-order valence-electron chi connectivity index (χ4n) is 10.8. The molecule has 1 amide bonds. The Morgan fingerprint density at radius 1 is 0.412 bits per heavy atom. The van der Waals surface area contributed by atoms with Crippen LogP contribution >= 0.6 is 7.82 Å². The summed E-state index contributed by atoms with van der Waals surface area (Å²) in [6.45, 7) is 4.84. The van der Waals surface area contributed by atoms with Crippen LogP contribution in [-0.2, 0) is 18.4 Å². The molecule has 3 atom stereocenters. The summed E-state index contributed by atoms with van der Waals surface area (Å²) in [7, 11) is 1.56. The molecule has 474 valence electrons. The van der Waals surface area contributed by atoms with Gasteiger partial charge in [-0.3, -0.25) is 13.8 Å². The third-order valence-corrected chi connectivity index (χ3v) is 17.3. The summed E-state index contributed by atoms with van der Waals surface area (Å²) in [5.41, 5.74) is 0. The van der Waals surface area contributed by atoms with Crippen LogP contribution in [0.25, 0.3) is 0 Å². The van der Waals surface area contributed by atoms with Crippen molar-refractivity contribution in [3.8, 4) is 0 Å². The lowest BCUT2D eigenvalue weighted by atomic mass is 10.0. The summed E-state index contributed by atoms with van der Waals surface area (Å²) < 4.78 is 23.8. The van der Waals surface area contributed by atoms with Crippen LogP contribution in [-0.4, -0.2) is 73.4 Å². The molecule has 0 saturated carbocycles. The zero-order chi connectivity index (χ0) is 58.4. The van der Waals surface area contributed by atoms with Crippen molar-refractivity contribution in [3.63, 3.8) is 0 Å². The zero-order valence-electron chi connectivity index (χ0n) is 54.3. The van der Waals surface area contributed by atoms with Crippen molar-refractivity contribution >= 4 is 13.7 Å². The Balaban J connectivity index is 3.96. The topological polar surface area (TPSA) is 105 Å². The van der Waals surface area contributed by atoms with Crippen LogP contribution in [0.3, 0.4) is 0 Å².